The van der Waals surface area contributed by atoms with Gasteiger partial charge in [0.2, 0.25) is 0 Å². The maximum absolute atomic E-state index is 5.86. The predicted molar refractivity (Wildman–Crippen MR) is 60.7 cm³/mol. The number of para-hydroxylation sites is 1. The van der Waals surface area contributed by atoms with Gasteiger partial charge in [-0.25, -0.2) is 0 Å². The zero-order chi connectivity index (χ0) is 10.6. The van der Waals surface area contributed by atoms with Gasteiger partial charge in [-0.3, -0.25) is 0 Å². The fraction of sp³-hybridized carbons (Fsp3) is 0.273. The molecule has 1 rings (SSSR count). The van der Waals surface area contributed by atoms with Crippen LogP contribution in [0.25, 0.3) is 0 Å². The van der Waals surface area contributed by atoms with E-state index >= 15 is 0 Å². The first-order chi connectivity index (χ1) is 6.65. The first-order valence-electron chi connectivity index (χ1n) is 4.46. The number of rotatable bonds is 4. The maximum atomic E-state index is 5.86. The van der Waals surface area contributed by atoms with Crippen molar-refractivity contribution < 1.29 is 4.74 Å². The number of nitrogens with two attached hydrogens (primary N) is 1. The van der Waals surface area contributed by atoms with Crippen LogP contribution in [0.5, 0.6) is 5.75 Å². The molecular weight excluding hydrogens is 176 g/mol. The summed E-state index contributed by atoms with van der Waals surface area (Å²) in [5.74, 6) is 0.691. The molecule has 3 heteroatoms. The van der Waals surface area contributed by atoms with Crippen LogP contribution in [0.3, 0.4) is 0 Å². The largest absolute Gasteiger partial charge is 0.495 e. The zero-order valence-electron chi connectivity index (χ0n) is 8.63. The summed E-state index contributed by atoms with van der Waals surface area (Å²) in [7, 11) is 1.61. The molecule has 0 heterocycles. The summed E-state index contributed by atoms with van der Waals surface area (Å²) >= 11 is 0. The van der Waals surface area contributed by atoms with E-state index in [1.165, 1.54) is 0 Å². The van der Waals surface area contributed by atoms with Crippen LogP contribution < -0.4 is 15.8 Å². The molecule has 0 atom stereocenters. The molecule has 0 aliphatic heterocycles. The summed E-state index contributed by atoms with van der Waals surface area (Å²) in [6, 6.07) is 5.65. The molecule has 3 N–H and O–H groups in total. The summed E-state index contributed by atoms with van der Waals surface area (Å²) in [6.45, 7) is 6.49. The van der Waals surface area contributed by atoms with Crippen LogP contribution in [-0.2, 0) is 0 Å². The zero-order valence-corrected chi connectivity index (χ0v) is 8.63. The van der Waals surface area contributed by atoms with Crippen molar-refractivity contribution in [2.24, 2.45) is 0 Å². The normalized spacial score (nSPS) is 9.57. The molecular formula is C11H16N2O. The highest BCUT2D eigenvalue weighted by molar-refractivity contribution is 5.73. The SMILES string of the molecule is C=C(C)CNc1cccc(OC)c1N. The monoisotopic (exact) mass is 192 g/mol. The third-order valence-corrected chi connectivity index (χ3v) is 1.87. The second-order valence-electron chi connectivity index (χ2n) is 3.23. The third kappa shape index (κ3) is 2.42. The summed E-state index contributed by atoms with van der Waals surface area (Å²) in [6.07, 6.45) is 0. The first kappa shape index (κ1) is 10.4. The molecule has 1 aromatic carbocycles. The van der Waals surface area contributed by atoms with Crippen LogP contribution in [-0.4, -0.2) is 13.7 Å². The van der Waals surface area contributed by atoms with Gasteiger partial charge in [0.25, 0.3) is 0 Å². The fourth-order valence-electron chi connectivity index (χ4n) is 1.12. The van der Waals surface area contributed by atoms with Crippen molar-refractivity contribution in [1.29, 1.82) is 0 Å². The van der Waals surface area contributed by atoms with Gasteiger partial charge in [0.15, 0.2) is 0 Å². The number of nitrogen functional groups attached to an aromatic ring is 1. The molecule has 76 valence electrons. The van der Waals surface area contributed by atoms with E-state index in [0.717, 1.165) is 17.8 Å². The molecule has 0 radical (unpaired) electrons. The standard InChI is InChI=1S/C11H16N2O/c1-8(2)7-13-9-5-4-6-10(14-3)11(9)12/h4-6,13H,1,7,12H2,2-3H3. The highest BCUT2D eigenvalue weighted by Gasteiger charge is 2.03. The van der Waals surface area contributed by atoms with Crippen LogP contribution in [0.2, 0.25) is 0 Å². The summed E-state index contributed by atoms with van der Waals surface area (Å²) in [5.41, 5.74) is 8.44. The molecule has 0 unspecified atom stereocenters. The summed E-state index contributed by atoms with van der Waals surface area (Å²) < 4.78 is 5.11. The van der Waals surface area contributed by atoms with Crippen molar-refractivity contribution in [3.05, 3.63) is 30.4 Å². The maximum Gasteiger partial charge on any atom is 0.143 e. The van der Waals surface area contributed by atoms with E-state index in [4.69, 9.17) is 10.5 Å². The van der Waals surface area contributed by atoms with E-state index in [1.807, 2.05) is 25.1 Å². The van der Waals surface area contributed by atoms with Crippen molar-refractivity contribution in [2.45, 2.75) is 6.92 Å². The Balaban J connectivity index is 2.81. The third-order valence-electron chi connectivity index (χ3n) is 1.87. The second kappa shape index (κ2) is 4.56. The lowest BCUT2D eigenvalue weighted by atomic mass is 10.2. The van der Waals surface area contributed by atoms with Crippen LogP contribution in [0.4, 0.5) is 11.4 Å². The van der Waals surface area contributed by atoms with E-state index in [1.54, 1.807) is 7.11 Å². The Morgan fingerprint density at radius 2 is 2.29 bits per heavy atom. The molecule has 1 aromatic rings. The second-order valence-corrected chi connectivity index (χ2v) is 3.23. The molecule has 0 saturated heterocycles. The van der Waals surface area contributed by atoms with Gasteiger partial charge in [0.1, 0.15) is 5.75 Å². The number of anilines is 2. The minimum absolute atomic E-state index is 0.635. The van der Waals surface area contributed by atoms with Gasteiger partial charge < -0.3 is 15.8 Å². The molecule has 0 aliphatic carbocycles. The van der Waals surface area contributed by atoms with Crippen LogP contribution in [0, 0.1) is 0 Å². The van der Waals surface area contributed by atoms with E-state index in [0.29, 0.717) is 11.4 Å². The lowest BCUT2D eigenvalue weighted by Gasteiger charge is -2.11. The lowest BCUT2D eigenvalue weighted by molar-refractivity contribution is 0.417. The summed E-state index contributed by atoms with van der Waals surface area (Å²) in [4.78, 5) is 0. The minimum Gasteiger partial charge on any atom is -0.495 e. The number of ether oxygens (including phenoxy) is 1. The van der Waals surface area contributed by atoms with Gasteiger partial charge in [-0.1, -0.05) is 18.2 Å². The lowest BCUT2D eigenvalue weighted by Crippen LogP contribution is -2.05. The summed E-state index contributed by atoms with van der Waals surface area (Å²) in [5, 5.41) is 3.18. The molecule has 0 amide bonds. The Bertz CT molecular complexity index is 334. The number of nitrogens with one attached hydrogen (secondary N) is 1. The van der Waals surface area contributed by atoms with E-state index in [9.17, 15) is 0 Å². The van der Waals surface area contributed by atoms with Gasteiger partial charge in [0.05, 0.1) is 18.5 Å². The highest BCUT2D eigenvalue weighted by Crippen LogP contribution is 2.28. The van der Waals surface area contributed by atoms with E-state index in [-0.39, 0.29) is 0 Å². The van der Waals surface area contributed by atoms with Crippen molar-refractivity contribution in [3.63, 3.8) is 0 Å². The average molecular weight is 192 g/mol. The molecule has 14 heavy (non-hydrogen) atoms. The van der Waals surface area contributed by atoms with Gasteiger partial charge in [-0.15, -0.1) is 0 Å². The molecule has 0 aliphatic rings. The molecule has 0 saturated carbocycles. The Morgan fingerprint density at radius 3 is 2.86 bits per heavy atom. The average Bonchev–Trinajstić information content (AvgIpc) is 2.16. The molecule has 0 spiro atoms. The molecule has 3 nitrogen and oxygen atoms in total. The Labute approximate surface area is 84.6 Å². The Hall–Kier alpha value is -1.64. The fourth-order valence-corrected chi connectivity index (χ4v) is 1.12. The van der Waals surface area contributed by atoms with Gasteiger partial charge in [-0.05, 0) is 19.1 Å². The predicted octanol–water partition coefficient (Wildman–Crippen LogP) is 2.27. The molecule has 0 aromatic heterocycles. The minimum atomic E-state index is 0.635. The van der Waals surface area contributed by atoms with Gasteiger partial charge >= 0.3 is 0 Å². The highest BCUT2D eigenvalue weighted by atomic mass is 16.5. The van der Waals surface area contributed by atoms with Crippen LogP contribution in [0.1, 0.15) is 6.92 Å². The smallest absolute Gasteiger partial charge is 0.143 e. The van der Waals surface area contributed by atoms with Crippen molar-refractivity contribution in [1.82, 2.24) is 0 Å². The Morgan fingerprint density at radius 1 is 1.57 bits per heavy atom. The number of hydrogen-bond acceptors (Lipinski definition) is 3. The topological polar surface area (TPSA) is 47.3 Å². The Kier molecular flexibility index (Phi) is 3.40. The number of hydrogen-bond donors (Lipinski definition) is 2. The van der Waals surface area contributed by atoms with Crippen molar-refractivity contribution in [2.75, 3.05) is 24.7 Å². The van der Waals surface area contributed by atoms with Gasteiger partial charge in [0, 0.05) is 6.54 Å². The quantitative estimate of drug-likeness (QED) is 0.568. The van der Waals surface area contributed by atoms with Gasteiger partial charge in [-0.2, -0.15) is 0 Å². The number of benzene rings is 1. The van der Waals surface area contributed by atoms with Crippen molar-refractivity contribution in [3.8, 4) is 5.75 Å². The first-order valence-corrected chi connectivity index (χ1v) is 4.46. The molecule has 0 bridgehead atoms. The van der Waals surface area contributed by atoms with E-state index in [2.05, 4.69) is 11.9 Å². The van der Waals surface area contributed by atoms with Crippen LogP contribution in [0.15, 0.2) is 30.4 Å². The molecule has 0 fully saturated rings. The number of methoxy groups -OCH3 is 1. The van der Waals surface area contributed by atoms with Crippen molar-refractivity contribution >= 4 is 11.4 Å². The van der Waals surface area contributed by atoms with E-state index < -0.39 is 0 Å². The van der Waals surface area contributed by atoms with Crippen LogP contribution >= 0.6 is 0 Å².